The number of halogens is 1. The molecule has 5 heteroatoms. The predicted molar refractivity (Wildman–Crippen MR) is 70.7 cm³/mol. The van der Waals surface area contributed by atoms with E-state index in [1.165, 1.54) is 12.1 Å². The molecule has 0 unspecified atom stereocenters. The Bertz CT molecular complexity index is 459. The zero-order valence-corrected chi connectivity index (χ0v) is 11.0. The number of nitrogens with one attached hydrogen (secondary N) is 1. The third kappa shape index (κ3) is 3.52. The minimum absolute atomic E-state index is 0.270. The SMILES string of the molecule is CN(Cc1ccc(C(=O)O)c(F)c1)C1CCNCC1. The van der Waals surface area contributed by atoms with Crippen LogP contribution in [0.5, 0.6) is 0 Å². The molecule has 4 nitrogen and oxygen atoms in total. The van der Waals surface area contributed by atoms with Crippen LogP contribution in [0.15, 0.2) is 18.2 Å². The van der Waals surface area contributed by atoms with Gasteiger partial charge >= 0.3 is 5.97 Å². The molecule has 1 saturated heterocycles. The number of rotatable bonds is 4. The van der Waals surface area contributed by atoms with Gasteiger partial charge in [0.2, 0.25) is 0 Å². The molecule has 104 valence electrons. The van der Waals surface area contributed by atoms with Crippen LogP contribution < -0.4 is 5.32 Å². The van der Waals surface area contributed by atoms with E-state index >= 15 is 0 Å². The van der Waals surface area contributed by atoms with Crippen LogP contribution in [0.2, 0.25) is 0 Å². The minimum Gasteiger partial charge on any atom is -0.478 e. The maximum atomic E-state index is 13.6. The molecule has 1 aliphatic heterocycles. The summed E-state index contributed by atoms with van der Waals surface area (Å²) in [6.07, 6.45) is 2.18. The maximum absolute atomic E-state index is 13.6. The Morgan fingerprint density at radius 1 is 1.47 bits per heavy atom. The van der Waals surface area contributed by atoms with Crippen molar-refractivity contribution in [1.29, 1.82) is 0 Å². The number of carboxylic acid groups (broad SMARTS) is 1. The molecule has 0 radical (unpaired) electrons. The fourth-order valence-electron chi connectivity index (χ4n) is 2.49. The van der Waals surface area contributed by atoms with Gasteiger partial charge in [-0.2, -0.15) is 0 Å². The lowest BCUT2D eigenvalue weighted by molar-refractivity contribution is 0.0692. The summed E-state index contributed by atoms with van der Waals surface area (Å²) in [5, 5.41) is 12.1. The topological polar surface area (TPSA) is 52.6 Å². The van der Waals surface area contributed by atoms with Gasteiger partial charge in [0.05, 0.1) is 5.56 Å². The van der Waals surface area contributed by atoms with Crippen LogP contribution in [0.3, 0.4) is 0 Å². The lowest BCUT2D eigenvalue weighted by atomic mass is 10.0. The summed E-state index contributed by atoms with van der Waals surface area (Å²) in [4.78, 5) is 12.9. The molecule has 0 aromatic heterocycles. The molecule has 1 aliphatic rings. The lowest BCUT2D eigenvalue weighted by Gasteiger charge is -2.31. The molecule has 1 aromatic carbocycles. The molecule has 2 N–H and O–H groups in total. The summed E-state index contributed by atoms with van der Waals surface area (Å²) in [7, 11) is 2.03. The summed E-state index contributed by atoms with van der Waals surface area (Å²) in [5.41, 5.74) is 0.539. The van der Waals surface area contributed by atoms with Gasteiger partial charge < -0.3 is 10.4 Å². The number of carboxylic acids is 1. The van der Waals surface area contributed by atoms with E-state index in [1.54, 1.807) is 6.07 Å². The first-order valence-electron chi connectivity index (χ1n) is 6.50. The van der Waals surface area contributed by atoms with E-state index in [0.29, 0.717) is 12.6 Å². The average Bonchev–Trinajstić information content (AvgIpc) is 2.39. The number of hydrogen-bond acceptors (Lipinski definition) is 3. The third-order valence-electron chi connectivity index (χ3n) is 3.63. The lowest BCUT2D eigenvalue weighted by Crippen LogP contribution is -2.40. The summed E-state index contributed by atoms with van der Waals surface area (Å²) >= 11 is 0. The van der Waals surface area contributed by atoms with Crippen LogP contribution in [-0.4, -0.2) is 42.2 Å². The Hall–Kier alpha value is -1.46. The number of hydrogen-bond donors (Lipinski definition) is 2. The summed E-state index contributed by atoms with van der Waals surface area (Å²) < 4.78 is 13.6. The highest BCUT2D eigenvalue weighted by molar-refractivity contribution is 5.87. The zero-order valence-electron chi connectivity index (χ0n) is 11.0. The molecule has 0 amide bonds. The molecule has 0 bridgehead atoms. The van der Waals surface area contributed by atoms with E-state index < -0.39 is 11.8 Å². The molecular formula is C14H19FN2O2. The minimum atomic E-state index is -1.23. The van der Waals surface area contributed by atoms with Gasteiger partial charge in [-0.1, -0.05) is 6.07 Å². The Balaban J connectivity index is 2.02. The summed E-state index contributed by atoms with van der Waals surface area (Å²) in [5.74, 6) is -1.89. The Morgan fingerprint density at radius 2 is 2.16 bits per heavy atom. The second-order valence-electron chi connectivity index (χ2n) is 5.02. The summed E-state index contributed by atoms with van der Waals surface area (Å²) in [6.45, 7) is 2.67. The van der Waals surface area contributed by atoms with Gasteiger partial charge in [-0.05, 0) is 50.7 Å². The van der Waals surface area contributed by atoms with Crippen molar-refractivity contribution in [2.75, 3.05) is 20.1 Å². The first-order valence-corrected chi connectivity index (χ1v) is 6.50. The quantitative estimate of drug-likeness (QED) is 0.871. The number of carbonyl (C=O) groups is 1. The molecule has 1 fully saturated rings. The number of nitrogens with zero attached hydrogens (tertiary/aromatic N) is 1. The van der Waals surface area contributed by atoms with Crippen molar-refractivity contribution in [3.63, 3.8) is 0 Å². The van der Waals surface area contributed by atoms with Gasteiger partial charge in [-0.3, -0.25) is 4.90 Å². The number of aromatic carboxylic acids is 1. The van der Waals surface area contributed by atoms with E-state index in [-0.39, 0.29) is 5.56 Å². The average molecular weight is 266 g/mol. The van der Waals surface area contributed by atoms with Gasteiger partial charge in [0.15, 0.2) is 0 Å². The van der Waals surface area contributed by atoms with Crippen molar-refractivity contribution in [1.82, 2.24) is 10.2 Å². The molecule has 19 heavy (non-hydrogen) atoms. The second-order valence-corrected chi connectivity index (χ2v) is 5.02. The molecular weight excluding hydrogens is 247 g/mol. The van der Waals surface area contributed by atoms with Crippen molar-refractivity contribution in [3.05, 3.63) is 35.1 Å². The molecule has 0 atom stereocenters. The van der Waals surface area contributed by atoms with Gasteiger partial charge in [0, 0.05) is 12.6 Å². The molecule has 0 aliphatic carbocycles. The van der Waals surface area contributed by atoms with Crippen LogP contribution in [0.4, 0.5) is 4.39 Å². The van der Waals surface area contributed by atoms with E-state index in [0.717, 1.165) is 31.5 Å². The molecule has 2 rings (SSSR count). The van der Waals surface area contributed by atoms with Crippen molar-refractivity contribution >= 4 is 5.97 Å². The van der Waals surface area contributed by atoms with Gasteiger partial charge in [-0.25, -0.2) is 9.18 Å². The number of benzene rings is 1. The van der Waals surface area contributed by atoms with Crippen molar-refractivity contribution in [3.8, 4) is 0 Å². The monoisotopic (exact) mass is 266 g/mol. The largest absolute Gasteiger partial charge is 0.478 e. The second kappa shape index (κ2) is 6.12. The first-order chi connectivity index (χ1) is 9.08. The molecule has 1 aromatic rings. The fourth-order valence-corrected chi connectivity index (χ4v) is 2.49. The predicted octanol–water partition coefficient (Wildman–Crippen LogP) is 1.71. The highest BCUT2D eigenvalue weighted by Gasteiger charge is 2.18. The van der Waals surface area contributed by atoms with Crippen molar-refractivity contribution < 1.29 is 14.3 Å². The molecule has 0 saturated carbocycles. The third-order valence-corrected chi connectivity index (χ3v) is 3.63. The van der Waals surface area contributed by atoms with Crippen LogP contribution in [0, 0.1) is 5.82 Å². The summed E-state index contributed by atoms with van der Waals surface area (Å²) in [6, 6.07) is 4.84. The van der Waals surface area contributed by atoms with Gasteiger partial charge in [0.1, 0.15) is 5.82 Å². The van der Waals surface area contributed by atoms with E-state index in [9.17, 15) is 9.18 Å². The normalized spacial score (nSPS) is 16.8. The number of piperidine rings is 1. The standard InChI is InChI=1S/C14H19FN2O2/c1-17(11-4-6-16-7-5-11)9-10-2-3-12(14(18)19)13(15)8-10/h2-3,8,11,16H,4-7,9H2,1H3,(H,18,19). The molecule has 1 heterocycles. The van der Waals surface area contributed by atoms with Crippen LogP contribution in [-0.2, 0) is 6.54 Å². The fraction of sp³-hybridized carbons (Fsp3) is 0.500. The van der Waals surface area contributed by atoms with Crippen LogP contribution in [0.1, 0.15) is 28.8 Å². The smallest absolute Gasteiger partial charge is 0.338 e. The highest BCUT2D eigenvalue weighted by atomic mass is 19.1. The van der Waals surface area contributed by atoms with E-state index in [2.05, 4.69) is 10.2 Å². The highest BCUT2D eigenvalue weighted by Crippen LogP contribution is 2.16. The van der Waals surface area contributed by atoms with Gasteiger partial charge in [-0.15, -0.1) is 0 Å². The molecule has 0 spiro atoms. The Labute approximate surface area is 112 Å². The van der Waals surface area contributed by atoms with Crippen molar-refractivity contribution in [2.45, 2.75) is 25.4 Å². The van der Waals surface area contributed by atoms with E-state index in [1.807, 2.05) is 7.05 Å². The zero-order chi connectivity index (χ0) is 13.8. The van der Waals surface area contributed by atoms with Crippen LogP contribution in [0.25, 0.3) is 0 Å². The van der Waals surface area contributed by atoms with Crippen molar-refractivity contribution in [2.24, 2.45) is 0 Å². The maximum Gasteiger partial charge on any atom is 0.338 e. The van der Waals surface area contributed by atoms with E-state index in [4.69, 9.17) is 5.11 Å². The Kier molecular flexibility index (Phi) is 4.50. The Morgan fingerprint density at radius 3 is 2.74 bits per heavy atom. The van der Waals surface area contributed by atoms with Gasteiger partial charge in [0.25, 0.3) is 0 Å². The van der Waals surface area contributed by atoms with Crippen LogP contribution >= 0.6 is 0 Å². The first kappa shape index (κ1) is 14.0.